The zero-order chi connectivity index (χ0) is 13.8. The summed E-state index contributed by atoms with van der Waals surface area (Å²) in [6, 6.07) is 6.40. The summed E-state index contributed by atoms with van der Waals surface area (Å²) >= 11 is 0. The summed E-state index contributed by atoms with van der Waals surface area (Å²) < 4.78 is 25.0. The fourth-order valence-electron chi connectivity index (χ4n) is 2.43. The maximum Gasteiger partial charge on any atom is 0.127 e. The Morgan fingerprint density at radius 1 is 1.37 bits per heavy atom. The van der Waals surface area contributed by atoms with E-state index in [-0.39, 0.29) is 17.8 Å². The van der Waals surface area contributed by atoms with Gasteiger partial charge in [0.2, 0.25) is 0 Å². The molecule has 19 heavy (non-hydrogen) atoms. The quantitative estimate of drug-likeness (QED) is 0.912. The highest BCUT2D eigenvalue weighted by molar-refractivity contribution is 7.85. The lowest BCUT2D eigenvalue weighted by molar-refractivity contribution is 0.238. The van der Waals surface area contributed by atoms with Gasteiger partial charge in [-0.3, -0.25) is 4.21 Å². The first-order chi connectivity index (χ1) is 9.08. The van der Waals surface area contributed by atoms with Gasteiger partial charge in [0, 0.05) is 53.5 Å². The van der Waals surface area contributed by atoms with Crippen LogP contribution in [0.25, 0.3) is 0 Å². The van der Waals surface area contributed by atoms with Crippen molar-refractivity contribution in [3.63, 3.8) is 0 Å². The first-order valence-corrected chi connectivity index (χ1v) is 8.14. The zero-order valence-corrected chi connectivity index (χ0v) is 12.0. The Morgan fingerprint density at radius 3 is 2.63 bits per heavy atom. The molecule has 0 aliphatic carbocycles. The first kappa shape index (κ1) is 14.6. The van der Waals surface area contributed by atoms with E-state index >= 15 is 0 Å². The van der Waals surface area contributed by atoms with Crippen molar-refractivity contribution in [1.29, 1.82) is 0 Å². The summed E-state index contributed by atoms with van der Waals surface area (Å²) in [7, 11) is -0.659. The fourth-order valence-corrected chi connectivity index (χ4v) is 3.56. The van der Waals surface area contributed by atoms with Gasteiger partial charge in [0.15, 0.2) is 0 Å². The van der Waals surface area contributed by atoms with Gasteiger partial charge in [-0.25, -0.2) is 4.39 Å². The summed E-state index contributed by atoms with van der Waals surface area (Å²) in [4.78, 5) is 2.27. The van der Waals surface area contributed by atoms with E-state index in [2.05, 4.69) is 4.90 Å². The van der Waals surface area contributed by atoms with Crippen LogP contribution in [0.1, 0.15) is 18.5 Å². The van der Waals surface area contributed by atoms with Crippen LogP contribution in [-0.4, -0.2) is 40.2 Å². The number of benzene rings is 1. The molecule has 1 fully saturated rings. The molecule has 0 aromatic heterocycles. The van der Waals surface area contributed by atoms with Crippen molar-refractivity contribution in [1.82, 2.24) is 4.90 Å². The van der Waals surface area contributed by atoms with E-state index in [0.29, 0.717) is 5.56 Å². The smallest absolute Gasteiger partial charge is 0.127 e. The number of hydrogen-bond acceptors (Lipinski definition) is 3. The lowest BCUT2D eigenvalue weighted by Gasteiger charge is -2.31. The Bertz CT molecular complexity index is 445. The Kier molecular flexibility index (Phi) is 5.07. The van der Waals surface area contributed by atoms with E-state index in [1.54, 1.807) is 12.1 Å². The highest BCUT2D eigenvalue weighted by Gasteiger charge is 2.22. The van der Waals surface area contributed by atoms with Gasteiger partial charge in [0.05, 0.1) is 0 Å². The number of nitrogens with zero attached hydrogens (tertiary/aromatic N) is 1. The minimum Gasteiger partial charge on any atom is -0.324 e. The first-order valence-electron chi connectivity index (χ1n) is 6.65. The van der Waals surface area contributed by atoms with Gasteiger partial charge < -0.3 is 10.6 Å². The van der Waals surface area contributed by atoms with Gasteiger partial charge in [0.25, 0.3) is 0 Å². The molecule has 106 valence electrons. The van der Waals surface area contributed by atoms with E-state index in [1.165, 1.54) is 6.07 Å². The molecule has 1 heterocycles. The zero-order valence-electron chi connectivity index (χ0n) is 11.2. The third-order valence-electron chi connectivity index (χ3n) is 3.69. The summed E-state index contributed by atoms with van der Waals surface area (Å²) in [5.41, 5.74) is 6.74. The van der Waals surface area contributed by atoms with Gasteiger partial charge in [-0.2, -0.15) is 0 Å². The Labute approximate surface area is 116 Å². The Morgan fingerprint density at radius 2 is 2.00 bits per heavy atom. The summed E-state index contributed by atoms with van der Waals surface area (Å²) in [6.45, 7) is 4.57. The van der Waals surface area contributed by atoms with Gasteiger partial charge in [-0.15, -0.1) is 0 Å². The van der Waals surface area contributed by atoms with Crippen molar-refractivity contribution in [3.05, 3.63) is 35.6 Å². The SMILES string of the molecule is CC(CN1CCS(=O)CC1)C(N)c1ccccc1F. The second kappa shape index (κ2) is 6.59. The summed E-state index contributed by atoms with van der Waals surface area (Å²) in [6.07, 6.45) is 0. The molecule has 0 saturated carbocycles. The monoisotopic (exact) mass is 284 g/mol. The molecule has 1 aliphatic heterocycles. The molecule has 5 heteroatoms. The van der Waals surface area contributed by atoms with Gasteiger partial charge >= 0.3 is 0 Å². The predicted octanol–water partition coefficient (Wildman–Crippen LogP) is 1.53. The van der Waals surface area contributed by atoms with Gasteiger partial charge in [-0.05, 0) is 12.0 Å². The average molecular weight is 284 g/mol. The molecule has 0 radical (unpaired) electrons. The van der Waals surface area contributed by atoms with Crippen LogP contribution < -0.4 is 5.73 Å². The van der Waals surface area contributed by atoms with Crippen LogP contribution in [-0.2, 0) is 10.8 Å². The molecule has 1 aliphatic rings. The van der Waals surface area contributed by atoms with E-state index in [1.807, 2.05) is 13.0 Å². The van der Waals surface area contributed by atoms with Crippen LogP contribution in [0, 0.1) is 11.7 Å². The molecule has 2 rings (SSSR count). The van der Waals surface area contributed by atoms with Gasteiger partial charge in [-0.1, -0.05) is 25.1 Å². The number of rotatable bonds is 4. The van der Waals surface area contributed by atoms with Crippen molar-refractivity contribution < 1.29 is 8.60 Å². The molecule has 2 N–H and O–H groups in total. The lowest BCUT2D eigenvalue weighted by atomic mass is 9.94. The molecule has 0 amide bonds. The predicted molar refractivity (Wildman–Crippen MR) is 76.8 cm³/mol. The van der Waals surface area contributed by atoms with Crippen LogP contribution in [0.2, 0.25) is 0 Å². The van der Waals surface area contributed by atoms with E-state index < -0.39 is 10.8 Å². The van der Waals surface area contributed by atoms with Crippen molar-refractivity contribution >= 4 is 10.8 Å². The molecule has 0 bridgehead atoms. The van der Waals surface area contributed by atoms with Crippen LogP contribution >= 0.6 is 0 Å². The minimum atomic E-state index is -0.659. The van der Waals surface area contributed by atoms with E-state index in [4.69, 9.17) is 5.73 Å². The third kappa shape index (κ3) is 3.84. The fraction of sp³-hybridized carbons (Fsp3) is 0.571. The highest BCUT2D eigenvalue weighted by atomic mass is 32.2. The van der Waals surface area contributed by atoms with E-state index in [0.717, 1.165) is 31.1 Å². The third-order valence-corrected chi connectivity index (χ3v) is 4.97. The van der Waals surface area contributed by atoms with Crippen LogP contribution in [0.4, 0.5) is 4.39 Å². The second-order valence-electron chi connectivity index (χ2n) is 5.17. The van der Waals surface area contributed by atoms with Gasteiger partial charge in [0.1, 0.15) is 5.82 Å². The molecular weight excluding hydrogens is 263 g/mol. The van der Waals surface area contributed by atoms with Crippen molar-refractivity contribution in [2.45, 2.75) is 13.0 Å². The molecule has 1 aromatic rings. The largest absolute Gasteiger partial charge is 0.324 e. The number of hydrogen-bond donors (Lipinski definition) is 1. The number of halogens is 1. The number of nitrogens with two attached hydrogens (primary N) is 1. The highest BCUT2D eigenvalue weighted by Crippen LogP contribution is 2.23. The van der Waals surface area contributed by atoms with Crippen LogP contribution in [0.15, 0.2) is 24.3 Å². The minimum absolute atomic E-state index is 0.170. The standard InChI is InChI=1S/C14H21FN2OS/c1-11(10-17-6-8-19(18)9-7-17)14(16)12-4-2-3-5-13(12)15/h2-5,11,14H,6-10,16H2,1H3. The molecule has 1 saturated heterocycles. The molecule has 0 spiro atoms. The Balaban J connectivity index is 1.94. The Hall–Kier alpha value is -0.780. The molecule has 2 unspecified atom stereocenters. The van der Waals surface area contributed by atoms with Crippen LogP contribution in [0.5, 0.6) is 0 Å². The molecular formula is C14H21FN2OS. The molecule has 3 nitrogen and oxygen atoms in total. The second-order valence-corrected chi connectivity index (χ2v) is 6.87. The van der Waals surface area contributed by atoms with E-state index in [9.17, 15) is 8.60 Å². The summed E-state index contributed by atoms with van der Waals surface area (Å²) in [5, 5.41) is 0. The lowest BCUT2D eigenvalue weighted by Crippen LogP contribution is -2.42. The summed E-state index contributed by atoms with van der Waals surface area (Å²) in [5.74, 6) is 1.41. The average Bonchev–Trinajstić information content (AvgIpc) is 2.41. The maximum absolute atomic E-state index is 13.7. The van der Waals surface area contributed by atoms with Crippen molar-refractivity contribution in [2.24, 2.45) is 11.7 Å². The molecule has 2 atom stereocenters. The topological polar surface area (TPSA) is 46.3 Å². The molecule has 1 aromatic carbocycles. The normalized spacial score (nSPS) is 21.2. The van der Waals surface area contributed by atoms with Crippen LogP contribution in [0.3, 0.4) is 0 Å². The maximum atomic E-state index is 13.7. The van der Waals surface area contributed by atoms with Crippen molar-refractivity contribution in [3.8, 4) is 0 Å². The van der Waals surface area contributed by atoms with Crippen molar-refractivity contribution in [2.75, 3.05) is 31.1 Å².